The highest BCUT2D eigenvalue weighted by Crippen LogP contribution is 2.25. The van der Waals surface area contributed by atoms with Gasteiger partial charge in [-0.15, -0.1) is 0 Å². The molecule has 1 aromatic heterocycles. The molecule has 122 valence electrons. The number of rotatable bonds is 6. The molecule has 0 saturated heterocycles. The lowest BCUT2D eigenvalue weighted by Gasteiger charge is -2.17. The van der Waals surface area contributed by atoms with Crippen molar-refractivity contribution in [1.29, 1.82) is 0 Å². The number of hydrogen-bond donors (Lipinski definition) is 2. The summed E-state index contributed by atoms with van der Waals surface area (Å²) in [5.41, 5.74) is 0.189. The smallest absolute Gasteiger partial charge is 0.306 e. The monoisotopic (exact) mass is 337 g/mol. The number of aliphatic hydroxyl groups excluding tert-OH is 1. The van der Waals surface area contributed by atoms with Crippen molar-refractivity contribution in [3.05, 3.63) is 58.1 Å². The Hall–Kier alpha value is -2.52. The molecular formula is C14H15N3O5S. The number of nitrogens with zero attached hydrogens (tertiary/aromatic N) is 2. The molecular weight excluding hydrogens is 322 g/mol. The molecule has 1 heterocycles. The fourth-order valence-electron chi connectivity index (χ4n) is 2.02. The third-order valence-corrected chi connectivity index (χ3v) is 4.10. The summed E-state index contributed by atoms with van der Waals surface area (Å²) in [6, 6.07) is 10.9. The minimum Gasteiger partial charge on any atom is -0.394 e. The van der Waals surface area contributed by atoms with Crippen LogP contribution >= 0.6 is 0 Å². The van der Waals surface area contributed by atoms with Gasteiger partial charge in [0.05, 0.1) is 17.6 Å². The van der Waals surface area contributed by atoms with E-state index in [1.807, 2.05) is 6.07 Å². The first-order valence-electron chi connectivity index (χ1n) is 6.60. The van der Waals surface area contributed by atoms with Crippen LogP contribution in [0, 0.1) is 10.1 Å². The topological polar surface area (TPSA) is 122 Å². The van der Waals surface area contributed by atoms with Crippen LogP contribution < -0.4 is 5.32 Å². The van der Waals surface area contributed by atoms with Crippen molar-refractivity contribution in [1.82, 2.24) is 4.98 Å². The Bertz CT molecular complexity index is 808. The first kappa shape index (κ1) is 16.8. The van der Waals surface area contributed by atoms with E-state index in [1.54, 1.807) is 24.3 Å². The standard InChI is InChI=1S/C14H15N3O5S/c1-23(21,22)14-12(17(19)20)7-8-13(16-14)15-11(9-18)10-5-3-2-4-6-10/h2-8,11,18H,9H2,1H3,(H,15,16)/t11-/m0/s1. The van der Waals surface area contributed by atoms with Gasteiger partial charge in [0.25, 0.3) is 0 Å². The Labute approximate surface area is 132 Å². The van der Waals surface area contributed by atoms with Crippen molar-refractivity contribution >= 4 is 21.3 Å². The Balaban J connectivity index is 2.39. The molecule has 2 rings (SSSR count). The van der Waals surface area contributed by atoms with Gasteiger partial charge in [0.2, 0.25) is 5.03 Å². The maximum Gasteiger partial charge on any atom is 0.306 e. The van der Waals surface area contributed by atoms with Crippen LogP contribution in [0.25, 0.3) is 0 Å². The summed E-state index contributed by atoms with van der Waals surface area (Å²) >= 11 is 0. The van der Waals surface area contributed by atoms with Crippen molar-refractivity contribution in [3.8, 4) is 0 Å². The number of aromatic nitrogens is 1. The van der Waals surface area contributed by atoms with E-state index in [4.69, 9.17) is 0 Å². The number of pyridine rings is 1. The first-order valence-corrected chi connectivity index (χ1v) is 8.50. The summed E-state index contributed by atoms with van der Waals surface area (Å²) in [6.45, 7) is -0.253. The molecule has 0 amide bonds. The van der Waals surface area contributed by atoms with Crippen LogP contribution in [-0.2, 0) is 9.84 Å². The molecule has 0 radical (unpaired) electrons. The number of sulfone groups is 1. The minimum atomic E-state index is -3.86. The molecule has 8 nitrogen and oxygen atoms in total. The zero-order valence-corrected chi connectivity index (χ0v) is 13.0. The van der Waals surface area contributed by atoms with E-state index in [9.17, 15) is 23.6 Å². The largest absolute Gasteiger partial charge is 0.394 e. The lowest BCUT2D eigenvalue weighted by molar-refractivity contribution is -0.388. The van der Waals surface area contributed by atoms with E-state index in [1.165, 1.54) is 6.07 Å². The number of aliphatic hydroxyl groups is 1. The molecule has 0 fully saturated rings. The summed E-state index contributed by atoms with van der Waals surface area (Å²) in [7, 11) is -3.86. The van der Waals surface area contributed by atoms with Gasteiger partial charge in [-0.1, -0.05) is 30.3 Å². The average molecular weight is 337 g/mol. The van der Waals surface area contributed by atoms with E-state index < -0.39 is 31.5 Å². The Morgan fingerprint density at radius 1 is 1.26 bits per heavy atom. The molecule has 0 bridgehead atoms. The van der Waals surface area contributed by atoms with Crippen molar-refractivity contribution < 1.29 is 18.4 Å². The molecule has 0 aliphatic rings. The minimum absolute atomic E-state index is 0.124. The molecule has 0 aliphatic carbocycles. The van der Waals surface area contributed by atoms with Crippen LogP contribution in [0.15, 0.2) is 47.5 Å². The quantitative estimate of drug-likeness (QED) is 0.605. The predicted molar refractivity (Wildman–Crippen MR) is 83.9 cm³/mol. The third-order valence-electron chi connectivity index (χ3n) is 3.09. The van der Waals surface area contributed by atoms with Gasteiger partial charge in [0.15, 0.2) is 9.84 Å². The highest BCUT2D eigenvalue weighted by molar-refractivity contribution is 7.90. The molecule has 2 aromatic rings. The number of nitro groups is 1. The van der Waals surface area contributed by atoms with Gasteiger partial charge in [-0.05, 0) is 11.6 Å². The van der Waals surface area contributed by atoms with Crippen molar-refractivity contribution in [2.75, 3.05) is 18.2 Å². The molecule has 0 spiro atoms. The number of nitrogens with one attached hydrogen (secondary N) is 1. The van der Waals surface area contributed by atoms with Crippen molar-refractivity contribution in [2.24, 2.45) is 0 Å². The van der Waals surface area contributed by atoms with E-state index in [0.717, 1.165) is 17.9 Å². The Morgan fingerprint density at radius 2 is 1.91 bits per heavy atom. The molecule has 23 heavy (non-hydrogen) atoms. The molecule has 0 aliphatic heterocycles. The molecule has 0 saturated carbocycles. The van der Waals surface area contributed by atoms with E-state index >= 15 is 0 Å². The maximum absolute atomic E-state index is 11.7. The Kier molecular flexibility index (Phi) is 4.92. The van der Waals surface area contributed by atoms with Gasteiger partial charge >= 0.3 is 5.69 Å². The van der Waals surface area contributed by atoms with Gasteiger partial charge in [0, 0.05) is 12.3 Å². The van der Waals surface area contributed by atoms with Gasteiger partial charge in [-0.25, -0.2) is 13.4 Å². The van der Waals surface area contributed by atoms with Crippen LogP contribution in [0.5, 0.6) is 0 Å². The fourth-order valence-corrected chi connectivity index (χ4v) is 2.81. The van der Waals surface area contributed by atoms with Gasteiger partial charge in [-0.3, -0.25) is 10.1 Å². The maximum atomic E-state index is 11.7. The second-order valence-corrected chi connectivity index (χ2v) is 6.77. The van der Waals surface area contributed by atoms with Crippen LogP contribution in [0.4, 0.5) is 11.5 Å². The van der Waals surface area contributed by atoms with Crippen LogP contribution in [0.3, 0.4) is 0 Å². The lowest BCUT2D eigenvalue weighted by Crippen LogP contribution is -2.16. The molecule has 0 unspecified atom stereocenters. The normalized spacial score (nSPS) is 12.6. The van der Waals surface area contributed by atoms with Crippen molar-refractivity contribution in [3.63, 3.8) is 0 Å². The summed E-state index contributed by atoms with van der Waals surface area (Å²) in [4.78, 5) is 13.9. The first-order chi connectivity index (χ1) is 10.8. The molecule has 9 heteroatoms. The number of benzene rings is 1. The molecule has 1 atom stereocenters. The van der Waals surface area contributed by atoms with E-state index in [0.29, 0.717) is 0 Å². The van der Waals surface area contributed by atoms with Crippen molar-refractivity contribution in [2.45, 2.75) is 11.1 Å². The molecule has 2 N–H and O–H groups in total. The number of hydrogen-bond acceptors (Lipinski definition) is 7. The predicted octanol–water partition coefficient (Wildman–Crippen LogP) is 1.54. The van der Waals surface area contributed by atoms with E-state index in [-0.39, 0.29) is 12.4 Å². The fraction of sp³-hybridized carbons (Fsp3) is 0.214. The summed E-state index contributed by atoms with van der Waals surface area (Å²) in [5.74, 6) is 0.124. The second kappa shape index (κ2) is 6.71. The van der Waals surface area contributed by atoms with Gasteiger partial charge in [0.1, 0.15) is 5.82 Å². The highest BCUT2D eigenvalue weighted by atomic mass is 32.2. The van der Waals surface area contributed by atoms with Crippen LogP contribution in [0.2, 0.25) is 0 Å². The second-order valence-electron chi connectivity index (χ2n) is 4.84. The van der Waals surface area contributed by atoms with Crippen LogP contribution in [-0.4, -0.2) is 36.3 Å². The lowest BCUT2D eigenvalue weighted by atomic mass is 10.1. The van der Waals surface area contributed by atoms with Gasteiger partial charge < -0.3 is 10.4 Å². The third kappa shape index (κ3) is 4.02. The summed E-state index contributed by atoms with van der Waals surface area (Å²) in [5, 5.41) is 22.7. The summed E-state index contributed by atoms with van der Waals surface area (Å²) < 4.78 is 23.4. The zero-order valence-electron chi connectivity index (χ0n) is 12.2. The van der Waals surface area contributed by atoms with Crippen LogP contribution in [0.1, 0.15) is 11.6 Å². The SMILES string of the molecule is CS(=O)(=O)c1nc(N[C@@H](CO)c2ccccc2)ccc1[N+](=O)[O-]. The van der Waals surface area contributed by atoms with E-state index in [2.05, 4.69) is 10.3 Å². The van der Waals surface area contributed by atoms with Gasteiger partial charge in [-0.2, -0.15) is 0 Å². The Morgan fingerprint density at radius 3 is 2.43 bits per heavy atom. The average Bonchev–Trinajstić information content (AvgIpc) is 2.52. The zero-order chi connectivity index (χ0) is 17.0. The number of anilines is 1. The summed E-state index contributed by atoms with van der Waals surface area (Å²) in [6.07, 6.45) is 0.854. The highest BCUT2D eigenvalue weighted by Gasteiger charge is 2.25. The molecule has 1 aromatic carbocycles.